The van der Waals surface area contributed by atoms with Gasteiger partial charge in [-0.3, -0.25) is 14.4 Å². The molecule has 0 radical (unpaired) electrons. The summed E-state index contributed by atoms with van der Waals surface area (Å²) in [4.78, 5) is 32.9. The third-order valence-corrected chi connectivity index (χ3v) is 2.27. The van der Waals surface area contributed by atoms with E-state index >= 15 is 0 Å². The summed E-state index contributed by atoms with van der Waals surface area (Å²) in [5, 5.41) is 25.1. The quantitative estimate of drug-likeness (QED) is 0.332. The summed E-state index contributed by atoms with van der Waals surface area (Å²) >= 11 is 0. The summed E-state index contributed by atoms with van der Waals surface area (Å²) in [6.07, 6.45) is -0.360. The van der Waals surface area contributed by atoms with Gasteiger partial charge < -0.3 is 26.2 Å². The summed E-state index contributed by atoms with van der Waals surface area (Å²) in [5.41, 5.74) is 0. The van der Waals surface area contributed by atoms with Crippen LogP contribution in [0.15, 0.2) is 0 Å². The molecule has 8 nitrogen and oxygen atoms in total. The van der Waals surface area contributed by atoms with Gasteiger partial charge in [0.2, 0.25) is 5.91 Å². The first kappa shape index (κ1) is 16.3. The molecule has 2 atom stereocenters. The lowest BCUT2D eigenvalue weighted by Crippen LogP contribution is -2.50. The van der Waals surface area contributed by atoms with Gasteiger partial charge in [0.1, 0.15) is 6.04 Å². The topological polar surface area (TPSA) is 128 Å². The van der Waals surface area contributed by atoms with Crippen molar-refractivity contribution in [3.63, 3.8) is 0 Å². The molecule has 0 aliphatic carbocycles. The number of carbonyl (C=O) groups excluding carboxylic acids is 1. The van der Waals surface area contributed by atoms with Gasteiger partial charge in [-0.1, -0.05) is 6.92 Å². The van der Waals surface area contributed by atoms with Crippen LogP contribution in [0.1, 0.15) is 13.3 Å². The maximum Gasteiger partial charge on any atom is 0.322 e. The van der Waals surface area contributed by atoms with E-state index < -0.39 is 29.9 Å². The monoisotopic (exact) mass is 261 g/mol. The molecule has 0 rings (SSSR count). The van der Waals surface area contributed by atoms with Gasteiger partial charge in [-0.05, 0) is 13.6 Å². The molecular weight excluding hydrogens is 242 g/mol. The summed E-state index contributed by atoms with van der Waals surface area (Å²) in [6, 6.07) is -1.76. The molecule has 0 bridgehead atoms. The Balaban J connectivity index is 4.27. The van der Waals surface area contributed by atoms with Gasteiger partial charge in [0, 0.05) is 6.54 Å². The van der Waals surface area contributed by atoms with Crippen LogP contribution >= 0.6 is 0 Å². The minimum Gasteiger partial charge on any atom is -0.481 e. The molecule has 0 spiro atoms. The van der Waals surface area contributed by atoms with Crippen LogP contribution in [0.3, 0.4) is 0 Å². The molecule has 0 saturated heterocycles. The molecule has 1 amide bonds. The summed E-state index contributed by atoms with van der Waals surface area (Å²) in [7, 11) is 1.46. The van der Waals surface area contributed by atoms with E-state index in [1.165, 1.54) is 7.05 Å². The van der Waals surface area contributed by atoms with Crippen molar-refractivity contribution in [3.05, 3.63) is 0 Å². The molecule has 8 heteroatoms. The molecule has 104 valence electrons. The van der Waals surface area contributed by atoms with Crippen LogP contribution < -0.4 is 16.0 Å². The zero-order valence-electron chi connectivity index (χ0n) is 10.4. The van der Waals surface area contributed by atoms with Crippen molar-refractivity contribution in [3.8, 4) is 0 Å². The average molecular weight is 261 g/mol. The number of hydrogen-bond acceptors (Lipinski definition) is 5. The zero-order valence-corrected chi connectivity index (χ0v) is 10.4. The normalized spacial score (nSPS) is 13.7. The number of carboxylic acid groups (broad SMARTS) is 2. The second kappa shape index (κ2) is 8.43. The summed E-state index contributed by atoms with van der Waals surface area (Å²) < 4.78 is 0. The van der Waals surface area contributed by atoms with Gasteiger partial charge in [0.15, 0.2) is 0 Å². The molecule has 0 fully saturated rings. The van der Waals surface area contributed by atoms with Crippen molar-refractivity contribution in [1.29, 1.82) is 0 Å². The van der Waals surface area contributed by atoms with Gasteiger partial charge in [-0.15, -0.1) is 0 Å². The number of rotatable bonds is 9. The second-order valence-corrected chi connectivity index (χ2v) is 3.63. The van der Waals surface area contributed by atoms with Gasteiger partial charge in [-0.25, -0.2) is 0 Å². The predicted molar refractivity (Wildman–Crippen MR) is 63.2 cm³/mol. The third kappa shape index (κ3) is 6.16. The van der Waals surface area contributed by atoms with Crippen LogP contribution in [0.2, 0.25) is 0 Å². The maximum absolute atomic E-state index is 11.6. The molecule has 0 unspecified atom stereocenters. The Hall–Kier alpha value is -1.67. The van der Waals surface area contributed by atoms with Crippen molar-refractivity contribution in [2.75, 3.05) is 20.1 Å². The highest BCUT2D eigenvalue weighted by molar-refractivity contribution is 5.86. The summed E-state index contributed by atoms with van der Waals surface area (Å²) in [6.45, 7) is 2.11. The predicted octanol–water partition coefficient (Wildman–Crippen LogP) is -1.77. The first-order valence-corrected chi connectivity index (χ1v) is 5.55. The molecule has 18 heavy (non-hydrogen) atoms. The van der Waals surface area contributed by atoms with Gasteiger partial charge >= 0.3 is 11.9 Å². The molecule has 0 aromatic rings. The Kier molecular flexibility index (Phi) is 7.64. The molecular formula is C10H19N3O5. The number of hydrogen-bond donors (Lipinski definition) is 5. The minimum absolute atomic E-state index is 0.0974. The number of carbonyl (C=O) groups is 3. The summed E-state index contributed by atoms with van der Waals surface area (Å²) in [5.74, 6) is -2.72. The highest BCUT2D eigenvalue weighted by Crippen LogP contribution is 1.92. The number of carboxylic acids is 2. The van der Waals surface area contributed by atoms with Gasteiger partial charge in [0.25, 0.3) is 0 Å². The molecule has 0 aromatic carbocycles. The highest BCUT2D eigenvalue weighted by atomic mass is 16.4. The van der Waals surface area contributed by atoms with Crippen LogP contribution in [0, 0.1) is 0 Å². The van der Waals surface area contributed by atoms with Crippen molar-refractivity contribution in [2.45, 2.75) is 25.4 Å². The van der Waals surface area contributed by atoms with Crippen LogP contribution in [0.4, 0.5) is 0 Å². The van der Waals surface area contributed by atoms with Crippen LogP contribution in [0.5, 0.6) is 0 Å². The SMILES string of the molecule is CCN[C@H](CNC(=O)[C@H](CC(=O)O)NC)C(=O)O. The highest BCUT2D eigenvalue weighted by Gasteiger charge is 2.22. The fourth-order valence-electron chi connectivity index (χ4n) is 1.32. The number of aliphatic carboxylic acids is 2. The number of likely N-dealkylation sites (N-methyl/N-ethyl adjacent to an activating group) is 2. The number of amides is 1. The Morgan fingerprint density at radius 3 is 2.17 bits per heavy atom. The largest absolute Gasteiger partial charge is 0.481 e. The van der Waals surface area contributed by atoms with Gasteiger partial charge in [-0.2, -0.15) is 0 Å². The molecule has 0 heterocycles. The second-order valence-electron chi connectivity index (χ2n) is 3.63. The van der Waals surface area contributed by atoms with E-state index in [4.69, 9.17) is 10.2 Å². The number of nitrogens with one attached hydrogen (secondary N) is 3. The Labute approximate surface area is 105 Å². The average Bonchev–Trinajstić information content (AvgIpc) is 2.30. The standard InChI is InChI=1S/C10H19N3O5/c1-3-12-7(10(17)18)5-13-9(16)6(11-2)4-8(14)15/h6-7,11-12H,3-5H2,1-2H3,(H,13,16)(H,14,15)(H,17,18)/t6-,7+/m0/s1. The van der Waals surface area contributed by atoms with Crippen molar-refractivity contribution in [2.24, 2.45) is 0 Å². The first-order chi connectivity index (χ1) is 8.42. The van der Waals surface area contributed by atoms with Crippen molar-refractivity contribution < 1.29 is 24.6 Å². The van der Waals surface area contributed by atoms with Crippen LogP contribution in [-0.2, 0) is 14.4 Å². The third-order valence-electron chi connectivity index (χ3n) is 2.27. The maximum atomic E-state index is 11.6. The Morgan fingerprint density at radius 1 is 1.17 bits per heavy atom. The Bertz CT molecular complexity index is 308. The fourth-order valence-corrected chi connectivity index (χ4v) is 1.32. The van der Waals surface area contributed by atoms with E-state index in [1.807, 2.05) is 0 Å². The van der Waals surface area contributed by atoms with E-state index in [0.29, 0.717) is 6.54 Å². The Morgan fingerprint density at radius 2 is 1.78 bits per heavy atom. The lowest BCUT2D eigenvalue weighted by atomic mass is 10.2. The first-order valence-electron chi connectivity index (χ1n) is 5.55. The molecule has 5 N–H and O–H groups in total. The molecule has 0 aliphatic rings. The minimum atomic E-state index is -1.11. The van der Waals surface area contributed by atoms with Gasteiger partial charge in [0.05, 0.1) is 12.5 Å². The molecule has 0 saturated carbocycles. The fraction of sp³-hybridized carbons (Fsp3) is 0.700. The lowest BCUT2D eigenvalue weighted by molar-refractivity contribution is -0.141. The molecule has 0 aromatic heterocycles. The smallest absolute Gasteiger partial charge is 0.322 e. The molecule has 0 aliphatic heterocycles. The van der Waals surface area contributed by atoms with E-state index in [1.54, 1.807) is 6.92 Å². The van der Waals surface area contributed by atoms with E-state index in [9.17, 15) is 14.4 Å². The van der Waals surface area contributed by atoms with Crippen molar-refractivity contribution >= 4 is 17.8 Å². The van der Waals surface area contributed by atoms with E-state index in [-0.39, 0.29) is 13.0 Å². The zero-order chi connectivity index (χ0) is 14.1. The van der Waals surface area contributed by atoms with E-state index in [2.05, 4.69) is 16.0 Å². The van der Waals surface area contributed by atoms with Crippen LogP contribution in [-0.4, -0.2) is 60.3 Å². The van der Waals surface area contributed by atoms with E-state index in [0.717, 1.165) is 0 Å². The lowest BCUT2D eigenvalue weighted by Gasteiger charge is -2.17. The van der Waals surface area contributed by atoms with Crippen molar-refractivity contribution in [1.82, 2.24) is 16.0 Å². The van der Waals surface area contributed by atoms with Crippen LogP contribution in [0.25, 0.3) is 0 Å².